The summed E-state index contributed by atoms with van der Waals surface area (Å²) >= 11 is 0. The molecule has 3 N–H and O–H groups in total. The van der Waals surface area contributed by atoms with Gasteiger partial charge in [0.05, 0.1) is 14.2 Å². The first-order valence-corrected chi connectivity index (χ1v) is 8.80. The molecule has 0 saturated carbocycles. The van der Waals surface area contributed by atoms with Crippen LogP contribution in [0.4, 0.5) is 0 Å². The summed E-state index contributed by atoms with van der Waals surface area (Å²) in [4.78, 5) is 36.4. The highest BCUT2D eigenvalue weighted by Crippen LogP contribution is 2.22. The Morgan fingerprint density at radius 2 is 1.59 bits per heavy atom. The molecule has 150 valence electrons. The van der Waals surface area contributed by atoms with Crippen molar-refractivity contribution in [2.24, 2.45) is 5.92 Å². The molecule has 0 saturated heterocycles. The molecule has 0 fully saturated rings. The number of hydrogen-bond acceptors (Lipinski definition) is 5. The molecule has 8 nitrogen and oxygen atoms in total. The fraction of sp³-hybridized carbons (Fsp3) is 0.526. The molecule has 2 unspecified atom stereocenters. The van der Waals surface area contributed by atoms with Gasteiger partial charge in [0.15, 0.2) is 0 Å². The number of hydrogen-bond donors (Lipinski definition) is 3. The van der Waals surface area contributed by atoms with Gasteiger partial charge in [-0.05, 0) is 24.5 Å². The molecule has 2 atom stereocenters. The maximum absolute atomic E-state index is 12.6. The predicted octanol–water partition coefficient (Wildman–Crippen LogP) is 1.83. The Balaban J connectivity index is 2.97. The Hall–Kier alpha value is -2.77. The molecule has 0 aromatic heterocycles. The Kier molecular flexibility index (Phi) is 8.58. The van der Waals surface area contributed by atoms with Crippen LogP contribution in [0.25, 0.3) is 0 Å². The zero-order valence-corrected chi connectivity index (χ0v) is 16.4. The van der Waals surface area contributed by atoms with Crippen LogP contribution in [0.1, 0.15) is 44.0 Å². The van der Waals surface area contributed by atoms with E-state index < -0.39 is 29.9 Å². The van der Waals surface area contributed by atoms with Gasteiger partial charge in [0.1, 0.15) is 23.6 Å². The molecule has 1 aromatic carbocycles. The second-order valence-electron chi connectivity index (χ2n) is 6.48. The van der Waals surface area contributed by atoms with E-state index in [1.807, 2.05) is 6.92 Å². The van der Waals surface area contributed by atoms with Gasteiger partial charge in [0.2, 0.25) is 5.91 Å². The van der Waals surface area contributed by atoms with Crippen LogP contribution in [-0.4, -0.2) is 49.2 Å². The van der Waals surface area contributed by atoms with E-state index in [4.69, 9.17) is 9.47 Å². The summed E-state index contributed by atoms with van der Waals surface area (Å²) in [5.41, 5.74) is 0.271. The van der Waals surface area contributed by atoms with Crippen LogP contribution in [0.15, 0.2) is 18.2 Å². The van der Waals surface area contributed by atoms with Crippen molar-refractivity contribution in [2.75, 3.05) is 14.2 Å². The van der Waals surface area contributed by atoms with E-state index in [0.717, 1.165) is 0 Å². The number of carboxylic acid groups (broad SMARTS) is 1. The maximum Gasteiger partial charge on any atom is 0.326 e. The van der Waals surface area contributed by atoms with Gasteiger partial charge in [0, 0.05) is 11.6 Å². The van der Waals surface area contributed by atoms with E-state index in [2.05, 4.69) is 10.6 Å². The Bertz CT molecular complexity index is 652. The van der Waals surface area contributed by atoms with Crippen molar-refractivity contribution in [2.45, 2.75) is 45.7 Å². The molecule has 2 amide bonds. The molecule has 0 aliphatic heterocycles. The van der Waals surface area contributed by atoms with E-state index >= 15 is 0 Å². The molecule has 1 aromatic rings. The number of benzene rings is 1. The summed E-state index contributed by atoms with van der Waals surface area (Å²) in [5.74, 6) is -1.47. The van der Waals surface area contributed by atoms with E-state index in [1.165, 1.54) is 26.4 Å². The first-order valence-electron chi connectivity index (χ1n) is 8.80. The molecule has 27 heavy (non-hydrogen) atoms. The van der Waals surface area contributed by atoms with E-state index in [1.54, 1.807) is 19.9 Å². The Labute approximate surface area is 159 Å². The van der Waals surface area contributed by atoms with Crippen molar-refractivity contribution in [1.82, 2.24) is 10.6 Å². The van der Waals surface area contributed by atoms with Crippen molar-refractivity contribution in [3.05, 3.63) is 23.8 Å². The number of amides is 2. The summed E-state index contributed by atoms with van der Waals surface area (Å²) < 4.78 is 10.3. The van der Waals surface area contributed by atoms with Crippen LogP contribution in [0, 0.1) is 5.92 Å². The quantitative estimate of drug-likeness (QED) is 0.571. The molecular formula is C19H28N2O6. The number of carbonyl (C=O) groups excluding carboxylic acids is 2. The highest BCUT2D eigenvalue weighted by atomic mass is 16.5. The summed E-state index contributed by atoms with van der Waals surface area (Å²) in [6.45, 7) is 5.37. The van der Waals surface area contributed by atoms with Crippen LogP contribution in [0.3, 0.4) is 0 Å². The number of carboxylic acids is 1. The smallest absolute Gasteiger partial charge is 0.326 e. The van der Waals surface area contributed by atoms with Gasteiger partial charge in [-0.25, -0.2) is 4.79 Å². The van der Waals surface area contributed by atoms with Crippen molar-refractivity contribution in [1.29, 1.82) is 0 Å². The van der Waals surface area contributed by atoms with Crippen LogP contribution in [0.5, 0.6) is 11.5 Å². The second-order valence-corrected chi connectivity index (χ2v) is 6.48. The van der Waals surface area contributed by atoms with E-state index in [-0.39, 0.29) is 11.5 Å². The minimum Gasteiger partial charge on any atom is -0.497 e. The van der Waals surface area contributed by atoms with Crippen LogP contribution in [0.2, 0.25) is 0 Å². The van der Waals surface area contributed by atoms with Gasteiger partial charge in [0.25, 0.3) is 5.91 Å². The van der Waals surface area contributed by atoms with Crippen LogP contribution >= 0.6 is 0 Å². The third-order valence-electron chi connectivity index (χ3n) is 4.04. The maximum atomic E-state index is 12.6. The molecule has 0 radical (unpaired) electrons. The largest absolute Gasteiger partial charge is 0.497 e. The standard InChI is InChI=1S/C19H28N2O6/c1-6-7-15(19(24)25)20-18(23)16(11(2)3)21-17(22)12-8-13(26-4)10-14(9-12)27-5/h8-11,15-16H,6-7H2,1-5H3,(H,20,23)(H,21,22)(H,24,25). The van der Waals surface area contributed by atoms with Gasteiger partial charge in [-0.3, -0.25) is 9.59 Å². The molecular weight excluding hydrogens is 352 g/mol. The van der Waals surface area contributed by atoms with Crippen LogP contribution < -0.4 is 20.1 Å². The summed E-state index contributed by atoms with van der Waals surface area (Å²) in [5, 5.41) is 14.4. The first-order chi connectivity index (χ1) is 12.7. The van der Waals surface area contributed by atoms with E-state index in [0.29, 0.717) is 24.3 Å². The topological polar surface area (TPSA) is 114 Å². The number of nitrogens with one attached hydrogen (secondary N) is 2. The van der Waals surface area contributed by atoms with E-state index in [9.17, 15) is 19.5 Å². The monoisotopic (exact) mass is 380 g/mol. The highest BCUT2D eigenvalue weighted by Gasteiger charge is 2.28. The zero-order chi connectivity index (χ0) is 20.6. The van der Waals surface area contributed by atoms with Crippen molar-refractivity contribution in [3.63, 3.8) is 0 Å². The lowest BCUT2D eigenvalue weighted by molar-refractivity contribution is -0.142. The molecule has 0 bridgehead atoms. The van der Waals surface area contributed by atoms with Gasteiger partial charge < -0.3 is 25.2 Å². The van der Waals surface area contributed by atoms with Crippen molar-refractivity contribution < 1.29 is 29.0 Å². The minimum atomic E-state index is -1.10. The fourth-order valence-electron chi connectivity index (χ4n) is 2.51. The van der Waals surface area contributed by atoms with Gasteiger partial charge >= 0.3 is 5.97 Å². The molecule has 1 rings (SSSR count). The number of ether oxygens (including phenoxy) is 2. The molecule has 0 heterocycles. The third-order valence-corrected chi connectivity index (χ3v) is 4.04. The Morgan fingerprint density at radius 1 is 1.04 bits per heavy atom. The molecule has 0 aliphatic rings. The highest BCUT2D eigenvalue weighted by molar-refractivity contribution is 5.98. The fourth-order valence-corrected chi connectivity index (χ4v) is 2.51. The summed E-state index contributed by atoms with van der Waals surface area (Å²) in [7, 11) is 2.95. The average molecular weight is 380 g/mol. The summed E-state index contributed by atoms with van der Waals surface area (Å²) in [6.07, 6.45) is 0.923. The van der Waals surface area contributed by atoms with Crippen molar-refractivity contribution in [3.8, 4) is 11.5 Å². The molecule has 0 spiro atoms. The lowest BCUT2D eigenvalue weighted by atomic mass is 10.0. The SMILES string of the molecule is CCCC(NC(=O)C(NC(=O)c1cc(OC)cc(OC)c1)C(C)C)C(=O)O. The normalized spacial score (nSPS) is 12.8. The average Bonchev–Trinajstić information content (AvgIpc) is 2.64. The lowest BCUT2D eigenvalue weighted by Gasteiger charge is -2.24. The number of aliphatic carboxylic acids is 1. The lowest BCUT2D eigenvalue weighted by Crippen LogP contribution is -2.53. The second kappa shape index (κ2) is 10.4. The first kappa shape index (κ1) is 22.3. The summed E-state index contributed by atoms with van der Waals surface area (Å²) in [6, 6.07) is 2.83. The van der Waals surface area contributed by atoms with Gasteiger partial charge in [-0.15, -0.1) is 0 Å². The zero-order valence-electron chi connectivity index (χ0n) is 16.4. The molecule has 0 aliphatic carbocycles. The minimum absolute atomic E-state index is 0.238. The third kappa shape index (κ3) is 6.47. The van der Waals surface area contributed by atoms with Gasteiger partial charge in [-0.2, -0.15) is 0 Å². The van der Waals surface area contributed by atoms with Gasteiger partial charge in [-0.1, -0.05) is 27.2 Å². The molecule has 8 heteroatoms. The number of rotatable bonds is 10. The van der Waals surface area contributed by atoms with Crippen molar-refractivity contribution >= 4 is 17.8 Å². The Morgan fingerprint density at radius 3 is 2.00 bits per heavy atom. The predicted molar refractivity (Wildman–Crippen MR) is 100 cm³/mol. The number of carbonyl (C=O) groups is 3. The number of methoxy groups -OCH3 is 2. The van der Waals surface area contributed by atoms with Crippen LogP contribution in [-0.2, 0) is 9.59 Å².